The summed E-state index contributed by atoms with van der Waals surface area (Å²) in [5.41, 5.74) is 1.99. The second kappa shape index (κ2) is 2.47. The maximum absolute atomic E-state index is 4.14. The van der Waals surface area contributed by atoms with Gasteiger partial charge in [0.1, 0.15) is 10.7 Å². The third-order valence-corrected chi connectivity index (χ3v) is 2.15. The predicted octanol–water partition coefficient (Wildman–Crippen LogP) is 1.84. The van der Waals surface area contributed by atoms with Gasteiger partial charge in [-0.15, -0.1) is 11.3 Å². The largest absolute Gasteiger partial charge is 0.282 e. The van der Waals surface area contributed by atoms with Crippen LogP contribution in [0.1, 0.15) is 5.69 Å². The van der Waals surface area contributed by atoms with Gasteiger partial charge in [0, 0.05) is 17.3 Å². The highest BCUT2D eigenvalue weighted by molar-refractivity contribution is 7.13. The molecule has 0 aliphatic carbocycles. The minimum atomic E-state index is 0.928. The number of aromatic nitrogens is 3. The van der Waals surface area contributed by atoms with E-state index in [2.05, 4.69) is 15.2 Å². The fourth-order valence-corrected chi connectivity index (χ4v) is 1.48. The molecule has 2 aromatic rings. The van der Waals surface area contributed by atoms with Gasteiger partial charge in [0.2, 0.25) is 0 Å². The standard InChI is InChI=1S/C7H7N3S/c1-5-4-6(10-9-5)7-8-2-3-11-7/h2-4H,1H3,(H,9,10). The van der Waals surface area contributed by atoms with Crippen LogP contribution in [0.4, 0.5) is 0 Å². The summed E-state index contributed by atoms with van der Waals surface area (Å²) in [6, 6.07) is 1.98. The minimum absolute atomic E-state index is 0.928. The first-order valence-electron chi connectivity index (χ1n) is 3.28. The smallest absolute Gasteiger partial charge is 0.143 e. The lowest BCUT2D eigenvalue weighted by Crippen LogP contribution is -1.73. The lowest BCUT2D eigenvalue weighted by Gasteiger charge is -1.82. The van der Waals surface area contributed by atoms with Crippen molar-refractivity contribution in [3.05, 3.63) is 23.3 Å². The third kappa shape index (κ3) is 1.17. The van der Waals surface area contributed by atoms with Crippen LogP contribution < -0.4 is 0 Å². The monoisotopic (exact) mass is 165 g/mol. The van der Waals surface area contributed by atoms with Crippen LogP contribution in [-0.4, -0.2) is 15.2 Å². The molecule has 0 saturated carbocycles. The molecule has 2 aromatic heterocycles. The number of rotatable bonds is 1. The van der Waals surface area contributed by atoms with Gasteiger partial charge in [-0.25, -0.2) is 4.98 Å². The molecule has 11 heavy (non-hydrogen) atoms. The van der Waals surface area contributed by atoms with Gasteiger partial charge in [-0.2, -0.15) is 5.10 Å². The Morgan fingerprint density at radius 1 is 1.55 bits per heavy atom. The molecule has 0 fully saturated rings. The summed E-state index contributed by atoms with van der Waals surface area (Å²) in [4.78, 5) is 4.14. The molecule has 0 radical (unpaired) electrons. The van der Waals surface area contributed by atoms with Gasteiger partial charge in [-0.3, -0.25) is 5.10 Å². The van der Waals surface area contributed by atoms with Crippen molar-refractivity contribution in [2.45, 2.75) is 6.92 Å². The van der Waals surface area contributed by atoms with Crippen molar-refractivity contribution in [3.8, 4) is 10.7 Å². The molecule has 0 aliphatic heterocycles. The van der Waals surface area contributed by atoms with Crippen LogP contribution in [0, 0.1) is 6.92 Å². The molecule has 0 amide bonds. The van der Waals surface area contributed by atoms with E-state index in [1.807, 2.05) is 18.4 Å². The van der Waals surface area contributed by atoms with E-state index in [1.165, 1.54) is 0 Å². The summed E-state index contributed by atoms with van der Waals surface area (Å²) in [5, 5.41) is 9.87. The summed E-state index contributed by atoms with van der Waals surface area (Å²) in [6.45, 7) is 1.98. The lowest BCUT2D eigenvalue weighted by atomic mass is 10.4. The number of H-pyrrole nitrogens is 1. The summed E-state index contributed by atoms with van der Waals surface area (Å²) >= 11 is 1.60. The van der Waals surface area contributed by atoms with E-state index in [1.54, 1.807) is 17.5 Å². The molecule has 1 N–H and O–H groups in total. The molecule has 0 atom stereocenters. The van der Waals surface area contributed by atoms with Crippen LogP contribution in [0.3, 0.4) is 0 Å². The van der Waals surface area contributed by atoms with E-state index in [-0.39, 0.29) is 0 Å². The van der Waals surface area contributed by atoms with Crippen LogP contribution in [-0.2, 0) is 0 Å². The van der Waals surface area contributed by atoms with Crippen LogP contribution in [0.2, 0.25) is 0 Å². The lowest BCUT2D eigenvalue weighted by molar-refractivity contribution is 1.05. The zero-order chi connectivity index (χ0) is 7.68. The van der Waals surface area contributed by atoms with Crippen LogP contribution in [0.15, 0.2) is 17.6 Å². The van der Waals surface area contributed by atoms with Crippen molar-refractivity contribution in [1.29, 1.82) is 0 Å². The molecule has 3 nitrogen and oxygen atoms in total. The zero-order valence-electron chi connectivity index (χ0n) is 6.03. The van der Waals surface area contributed by atoms with Gasteiger partial charge in [-0.05, 0) is 13.0 Å². The maximum atomic E-state index is 4.14. The quantitative estimate of drug-likeness (QED) is 0.700. The average Bonchev–Trinajstić information content (AvgIpc) is 2.55. The van der Waals surface area contributed by atoms with Crippen LogP contribution >= 0.6 is 11.3 Å². The second-order valence-electron chi connectivity index (χ2n) is 2.27. The highest BCUT2D eigenvalue weighted by atomic mass is 32.1. The van der Waals surface area contributed by atoms with Gasteiger partial charge in [0.15, 0.2) is 0 Å². The van der Waals surface area contributed by atoms with Gasteiger partial charge in [-0.1, -0.05) is 0 Å². The zero-order valence-corrected chi connectivity index (χ0v) is 6.85. The van der Waals surface area contributed by atoms with Crippen molar-refractivity contribution in [2.24, 2.45) is 0 Å². The fourth-order valence-electron chi connectivity index (χ4n) is 0.878. The van der Waals surface area contributed by atoms with E-state index < -0.39 is 0 Å². The number of nitrogens with zero attached hydrogens (tertiary/aromatic N) is 2. The van der Waals surface area contributed by atoms with Crippen molar-refractivity contribution in [1.82, 2.24) is 15.2 Å². The molecule has 4 heteroatoms. The van der Waals surface area contributed by atoms with Crippen molar-refractivity contribution in [2.75, 3.05) is 0 Å². The van der Waals surface area contributed by atoms with E-state index >= 15 is 0 Å². The molecular formula is C7H7N3S. The fraction of sp³-hybridized carbons (Fsp3) is 0.143. The summed E-state index contributed by atoms with van der Waals surface area (Å²) in [7, 11) is 0. The summed E-state index contributed by atoms with van der Waals surface area (Å²) in [6.07, 6.45) is 1.78. The Hall–Kier alpha value is -1.16. The van der Waals surface area contributed by atoms with E-state index in [4.69, 9.17) is 0 Å². The number of thiazole rings is 1. The molecule has 0 aromatic carbocycles. The normalized spacial score (nSPS) is 10.3. The second-order valence-corrected chi connectivity index (χ2v) is 3.17. The molecule has 2 heterocycles. The molecule has 0 saturated heterocycles. The van der Waals surface area contributed by atoms with Gasteiger partial charge >= 0.3 is 0 Å². The number of hydrogen-bond acceptors (Lipinski definition) is 3. The number of nitrogens with one attached hydrogen (secondary N) is 1. The predicted molar refractivity (Wildman–Crippen MR) is 44.4 cm³/mol. The van der Waals surface area contributed by atoms with E-state index in [0.717, 1.165) is 16.4 Å². The van der Waals surface area contributed by atoms with Crippen LogP contribution in [0.25, 0.3) is 10.7 Å². The van der Waals surface area contributed by atoms with Crippen molar-refractivity contribution < 1.29 is 0 Å². The van der Waals surface area contributed by atoms with Crippen LogP contribution in [0.5, 0.6) is 0 Å². The highest BCUT2D eigenvalue weighted by Crippen LogP contribution is 2.19. The Morgan fingerprint density at radius 2 is 2.45 bits per heavy atom. The SMILES string of the molecule is Cc1cc(-c2nccs2)n[nH]1. The van der Waals surface area contributed by atoms with Gasteiger partial charge in [0.25, 0.3) is 0 Å². The highest BCUT2D eigenvalue weighted by Gasteiger charge is 2.02. The summed E-state index contributed by atoms with van der Waals surface area (Å²) in [5.74, 6) is 0. The molecule has 0 bridgehead atoms. The van der Waals surface area contributed by atoms with Crippen molar-refractivity contribution >= 4 is 11.3 Å². The maximum Gasteiger partial charge on any atom is 0.143 e. The number of hydrogen-bond donors (Lipinski definition) is 1. The number of aromatic amines is 1. The first kappa shape index (κ1) is 6.54. The topological polar surface area (TPSA) is 41.6 Å². The van der Waals surface area contributed by atoms with Gasteiger partial charge in [0.05, 0.1) is 0 Å². The molecule has 2 rings (SSSR count). The Kier molecular flexibility index (Phi) is 1.47. The Labute approximate surface area is 68.1 Å². The Bertz CT molecular complexity index is 336. The Balaban J connectivity index is 2.45. The first-order chi connectivity index (χ1) is 5.36. The Morgan fingerprint density at radius 3 is 3.00 bits per heavy atom. The third-order valence-electron chi connectivity index (χ3n) is 1.36. The first-order valence-corrected chi connectivity index (χ1v) is 4.16. The van der Waals surface area contributed by atoms with Gasteiger partial charge < -0.3 is 0 Å². The molecule has 0 unspecified atom stereocenters. The molecular weight excluding hydrogens is 158 g/mol. The van der Waals surface area contributed by atoms with E-state index in [0.29, 0.717) is 0 Å². The molecule has 56 valence electrons. The number of aryl methyl sites for hydroxylation is 1. The average molecular weight is 165 g/mol. The minimum Gasteiger partial charge on any atom is -0.282 e. The summed E-state index contributed by atoms with van der Waals surface area (Å²) < 4.78 is 0. The van der Waals surface area contributed by atoms with E-state index in [9.17, 15) is 0 Å². The molecule has 0 aliphatic rings. The van der Waals surface area contributed by atoms with Crippen molar-refractivity contribution in [3.63, 3.8) is 0 Å². The molecule has 0 spiro atoms.